The smallest absolute Gasteiger partial charge is 0.128 e. The van der Waals surface area contributed by atoms with Crippen LogP contribution in [0, 0.1) is 5.82 Å². The third kappa shape index (κ3) is 3.14. The molecule has 0 aliphatic carbocycles. The van der Waals surface area contributed by atoms with Crippen molar-refractivity contribution in [2.45, 2.75) is 19.5 Å². The number of hydrogen-bond donors (Lipinski definition) is 2. The predicted octanol–water partition coefficient (Wildman–Crippen LogP) is 3.16. The van der Waals surface area contributed by atoms with E-state index in [9.17, 15) is 4.39 Å². The normalized spacial score (nSPS) is 12.6. The van der Waals surface area contributed by atoms with Crippen molar-refractivity contribution in [1.29, 1.82) is 0 Å². The van der Waals surface area contributed by atoms with Crippen LogP contribution in [0.4, 0.5) is 4.39 Å². The molecule has 1 heterocycles. The summed E-state index contributed by atoms with van der Waals surface area (Å²) >= 11 is 3.24. The fourth-order valence-corrected chi connectivity index (χ4v) is 1.88. The molecule has 2 rings (SSSR count). The SMILES string of the molecule is CC(NCc1ccc(Br)cc1F)c1cn[nH]c1. The lowest BCUT2D eigenvalue weighted by atomic mass is 10.1. The molecule has 1 aromatic carbocycles. The molecule has 1 aromatic heterocycles. The maximum Gasteiger partial charge on any atom is 0.128 e. The Hall–Kier alpha value is -1.20. The summed E-state index contributed by atoms with van der Waals surface area (Å²) in [5, 5.41) is 9.89. The number of aromatic amines is 1. The summed E-state index contributed by atoms with van der Waals surface area (Å²) < 4.78 is 14.3. The number of nitrogens with zero attached hydrogens (tertiary/aromatic N) is 1. The molecule has 0 amide bonds. The molecule has 0 aliphatic heterocycles. The topological polar surface area (TPSA) is 40.7 Å². The van der Waals surface area contributed by atoms with E-state index in [1.807, 2.05) is 19.2 Å². The van der Waals surface area contributed by atoms with Gasteiger partial charge in [0, 0.05) is 34.4 Å². The van der Waals surface area contributed by atoms with Crippen molar-refractivity contribution < 1.29 is 4.39 Å². The number of aromatic nitrogens is 2. The molecule has 0 radical (unpaired) electrons. The molecule has 3 nitrogen and oxygen atoms in total. The molecule has 0 saturated carbocycles. The summed E-state index contributed by atoms with van der Waals surface area (Å²) in [4.78, 5) is 0. The average molecular weight is 298 g/mol. The van der Waals surface area contributed by atoms with Crippen molar-refractivity contribution in [3.63, 3.8) is 0 Å². The third-order valence-corrected chi connectivity index (χ3v) is 3.13. The molecule has 17 heavy (non-hydrogen) atoms. The van der Waals surface area contributed by atoms with E-state index < -0.39 is 0 Å². The van der Waals surface area contributed by atoms with Crippen LogP contribution in [0.15, 0.2) is 35.1 Å². The van der Waals surface area contributed by atoms with Gasteiger partial charge in [-0.1, -0.05) is 22.0 Å². The van der Waals surface area contributed by atoms with Gasteiger partial charge in [0.15, 0.2) is 0 Å². The Labute approximate surface area is 108 Å². The minimum absolute atomic E-state index is 0.136. The van der Waals surface area contributed by atoms with Crippen LogP contribution < -0.4 is 5.32 Å². The lowest BCUT2D eigenvalue weighted by Gasteiger charge is -2.12. The largest absolute Gasteiger partial charge is 0.306 e. The van der Waals surface area contributed by atoms with Crippen LogP contribution in [0.3, 0.4) is 0 Å². The predicted molar refractivity (Wildman–Crippen MR) is 67.9 cm³/mol. The first-order valence-electron chi connectivity index (χ1n) is 5.33. The van der Waals surface area contributed by atoms with Gasteiger partial charge < -0.3 is 5.32 Å². The minimum atomic E-state index is -0.203. The Morgan fingerprint density at radius 3 is 3.00 bits per heavy atom. The van der Waals surface area contributed by atoms with E-state index in [1.54, 1.807) is 12.3 Å². The van der Waals surface area contributed by atoms with E-state index in [2.05, 4.69) is 31.4 Å². The lowest BCUT2D eigenvalue weighted by molar-refractivity contribution is 0.544. The maximum atomic E-state index is 13.6. The van der Waals surface area contributed by atoms with E-state index in [0.717, 1.165) is 10.0 Å². The van der Waals surface area contributed by atoms with Crippen molar-refractivity contribution in [1.82, 2.24) is 15.5 Å². The number of halogens is 2. The van der Waals surface area contributed by atoms with Gasteiger partial charge in [0.05, 0.1) is 6.20 Å². The van der Waals surface area contributed by atoms with Gasteiger partial charge in [0.1, 0.15) is 5.82 Å². The first-order chi connectivity index (χ1) is 8.16. The molecular weight excluding hydrogens is 285 g/mol. The number of benzene rings is 1. The van der Waals surface area contributed by atoms with Crippen molar-refractivity contribution >= 4 is 15.9 Å². The second-order valence-corrected chi connectivity index (χ2v) is 4.79. The molecule has 2 N–H and O–H groups in total. The molecule has 1 unspecified atom stereocenters. The molecule has 0 spiro atoms. The van der Waals surface area contributed by atoms with E-state index in [4.69, 9.17) is 0 Å². The van der Waals surface area contributed by atoms with Gasteiger partial charge in [-0.25, -0.2) is 4.39 Å². The molecule has 0 fully saturated rings. The van der Waals surface area contributed by atoms with Gasteiger partial charge in [-0.15, -0.1) is 0 Å². The highest BCUT2D eigenvalue weighted by Gasteiger charge is 2.08. The molecule has 2 aromatic rings. The van der Waals surface area contributed by atoms with Crippen LogP contribution in [0.1, 0.15) is 24.1 Å². The van der Waals surface area contributed by atoms with Crippen molar-refractivity contribution in [2.24, 2.45) is 0 Å². The van der Waals surface area contributed by atoms with Crippen LogP contribution in [-0.2, 0) is 6.54 Å². The zero-order valence-electron chi connectivity index (χ0n) is 9.37. The Morgan fingerprint density at radius 2 is 2.35 bits per heavy atom. The van der Waals surface area contributed by atoms with Gasteiger partial charge >= 0.3 is 0 Å². The highest BCUT2D eigenvalue weighted by Crippen LogP contribution is 2.16. The Morgan fingerprint density at radius 1 is 1.53 bits per heavy atom. The van der Waals surface area contributed by atoms with Crippen LogP contribution in [0.5, 0.6) is 0 Å². The highest BCUT2D eigenvalue weighted by molar-refractivity contribution is 9.10. The van der Waals surface area contributed by atoms with E-state index in [0.29, 0.717) is 12.1 Å². The first-order valence-corrected chi connectivity index (χ1v) is 6.12. The molecular formula is C12H13BrFN3. The molecule has 5 heteroatoms. The van der Waals surface area contributed by atoms with Gasteiger partial charge in [0.25, 0.3) is 0 Å². The molecule has 1 atom stereocenters. The van der Waals surface area contributed by atoms with Gasteiger partial charge in [0.2, 0.25) is 0 Å². The fourth-order valence-electron chi connectivity index (χ4n) is 1.54. The number of H-pyrrole nitrogens is 1. The quantitative estimate of drug-likeness (QED) is 0.910. The second-order valence-electron chi connectivity index (χ2n) is 3.87. The van der Waals surface area contributed by atoms with Crippen LogP contribution in [0.25, 0.3) is 0 Å². The fraction of sp³-hybridized carbons (Fsp3) is 0.250. The number of rotatable bonds is 4. The van der Waals surface area contributed by atoms with Crippen molar-refractivity contribution in [3.05, 3.63) is 52.0 Å². The molecule has 0 aliphatic rings. The highest BCUT2D eigenvalue weighted by atomic mass is 79.9. The zero-order valence-corrected chi connectivity index (χ0v) is 11.0. The van der Waals surface area contributed by atoms with Crippen LogP contribution in [-0.4, -0.2) is 10.2 Å². The Balaban J connectivity index is 1.98. The monoisotopic (exact) mass is 297 g/mol. The summed E-state index contributed by atoms with van der Waals surface area (Å²) in [5.74, 6) is -0.203. The maximum absolute atomic E-state index is 13.6. The molecule has 0 bridgehead atoms. The summed E-state index contributed by atoms with van der Waals surface area (Å²) in [5.41, 5.74) is 1.71. The number of nitrogens with one attached hydrogen (secondary N) is 2. The third-order valence-electron chi connectivity index (χ3n) is 2.63. The van der Waals surface area contributed by atoms with Crippen molar-refractivity contribution in [3.8, 4) is 0 Å². The average Bonchev–Trinajstić information content (AvgIpc) is 2.81. The van der Waals surface area contributed by atoms with E-state index in [1.165, 1.54) is 6.07 Å². The summed E-state index contributed by atoms with van der Waals surface area (Å²) in [6, 6.07) is 5.22. The standard InChI is InChI=1S/C12H13BrFN3/c1-8(10-6-16-17-7-10)15-5-9-2-3-11(13)4-12(9)14/h2-4,6-8,15H,5H2,1H3,(H,16,17). The van der Waals surface area contributed by atoms with Gasteiger partial charge in [-0.2, -0.15) is 5.10 Å². The van der Waals surface area contributed by atoms with E-state index in [-0.39, 0.29) is 11.9 Å². The summed E-state index contributed by atoms with van der Waals surface area (Å²) in [6.07, 6.45) is 3.59. The number of hydrogen-bond acceptors (Lipinski definition) is 2. The summed E-state index contributed by atoms with van der Waals surface area (Å²) in [6.45, 7) is 2.51. The first kappa shape index (κ1) is 12.3. The van der Waals surface area contributed by atoms with Gasteiger partial charge in [-0.05, 0) is 19.1 Å². The molecule has 0 saturated heterocycles. The van der Waals surface area contributed by atoms with E-state index >= 15 is 0 Å². The second kappa shape index (κ2) is 5.42. The Kier molecular flexibility index (Phi) is 3.91. The van der Waals surface area contributed by atoms with Crippen LogP contribution in [0.2, 0.25) is 0 Å². The zero-order chi connectivity index (χ0) is 12.3. The van der Waals surface area contributed by atoms with Gasteiger partial charge in [-0.3, -0.25) is 5.10 Å². The van der Waals surface area contributed by atoms with Crippen molar-refractivity contribution in [2.75, 3.05) is 0 Å². The summed E-state index contributed by atoms with van der Waals surface area (Å²) in [7, 11) is 0. The Bertz CT molecular complexity index is 485. The lowest BCUT2D eigenvalue weighted by Crippen LogP contribution is -2.18. The molecule has 90 valence electrons. The minimum Gasteiger partial charge on any atom is -0.306 e. The van der Waals surface area contributed by atoms with Crippen LogP contribution >= 0.6 is 15.9 Å².